The van der Waals surface area contributed by atoms with Crippen LogP contribution in [-0.4, -0.2) is 44.2 Å². The largest absolute Gasteiger partial charge is 0.396 e. The van der Waals surface area contributed by atoms with Crippen molar-refractivity contribution in [1.29, 1.82) is 0 Å². The molecule has 1 aliphatic heterocycles. The van der Waals surface area contributed by atoms with Crippen LogP contribution in [0.2, 0.25) is 0 Å². The van der Waals surface area contributed by atoms with E-state index in [1.54, 1.807) is 6.07 Å². The predicted molar refractivity (Wildman–Crippen MR) is 113 cm³/mol. The number of benzene rings is 2. The maximum absolute atomic E-state index is 14.8. The Morgan fingerprint density at radius 3 is 2.45 bits per heavy atom. The van der Waals surface area contributed by atoms with E-state index < -0.39 is 17.0 Å². The molecule has 2 radical (unpaired) electrons. The Morgan fingerprint density at radius 1 is 1.10 bits per heavy atom. The molecule has 3 nitrogen and oxygen atoms in total. The molecular formula is C23H29BF2N2O. The Kier molecular flexibility index (Phi) is 7.81. The van der Waals surface area contributed by atoms with Crippen molar-refractivity contribution in [1.82, 2.24) is 10.1 Å². The van der Waals surface area contributed by atoms with Crippen molar-refractivity contribution in [3.05, 3.63) is 71.3 Å². The molecule has 1 aliphatic rings. The lowest BCUT2D eigenvalue weighted by molar-refractivity contribution is 0.108. The van der Waals surface area contributed by atoms with Gasteiger partial charge in [0, 0.05) is 24.6 Å². The summed E-state index contributed by atoms with van der Waals surface area (Å²) in [6, 6.07) is 14.2. The number of piperidine rings is 1. The zero-order valence-corrected chi connectivity index (χ0v) is 16.8. The van der Waals surface area contributed by atoms with Gasteiger partial charge in [0.25, 0.3) is 0 Å². The summed E-state index contributed by atoms with van der Waals surface area (Å²) in [5.74, 6) is -0.928. The summed E-state index contributed by atoms with van der Waals surface area (Å²) in [4.78, 5) is 2.42. The van der Waals surface area contributed by atoms with Gasteiger partial charge in [0.15, 0.2) is 7.98 Å². The number of aliphatic hydroxyl groups is 1. The summed E-state index contributed by atoms with van der Waals surface area (Å²) < 4.78 is 28.4. The van der Waals surface area contributed by atoms with Gasteiger partial charge in [-0.15, -0.1) is 0 Å². The van der Waals surface area contributed by atoms with Crippen molar-refractivity contribution >= 4 is 7.98 Å². The van der Waals surface area contributed by atoms with Gasteiger partial charge in [0.05, 0.1) is 0 Å². The zero-order valence-electron chi connectivity index (χ0n) is 16.8. The standard InChI is InChI=1S/C23H29BF2N2O/c24-27-17-23(11-4-14-29,21-8-7-20(25)15-22(21)26)19-9-12-28(13-10-19)16-18-5-2-1-3-6-18/h1-3,5-8,15,19,27,29H,4,9-14,16-17H2. The molecule has 1 saturated heterocycles. The summed E-state index contributed by atoms with van der Waals surface area (Å²) in [6.45, 7) is 3.14. The first-order valence-corrected chi connectivity index (χ1v) is 10.3. The fraction of sp³-hybridized carbons (Fsp3) is 0.478. The number of hydrogen-bond donors (Lipinski definition) is 2. The molecule has 0 bridgehead atoms. The van der Waals surface area contributed by atoms with Crippen LogP contribution < -0.4 is 5.23 Å². The van der Waals surface area contributed by atoms with Gasteiger partial charge in [-0.05, 0) is 68.4 Å². The highest BCUT2D eigenvalue weighted by atomic mass is 19.1. The van der Waals surface area contributed by atoms with Crippen molar-refractivity contribution in [3.63, 3.8) is 0 Å². The summed E-state index contributed by atoms with van der Waals surface area (Å²) >= 11 is 0. The average molecular weight is 398 g/mol. The molecule has 2 aromatic rings. The van der Waals surface area contributed by atoms with Gasteiger partial charge >= 0.3 is 0 Å². The third-order valence-corrected chi connectivity index (χ3v) is 6.28. The van der Waals surface area contributed by atoms with E-state index in [2.05, 4.69) is 22.3 Å². The number of rotatable bonds is 9. The number of aliphatic hydroxyl groups excluding tert-OH is 1. The van der Waals surface area contributed by atoms with Crippen LogP contribution in [0.3, 0.4) is 0 Å². The SMILES string of the molecule is [B]NCC(CCCO)(c1ccc(F)cc1F)C1CCN(Cc2ccccc2)CC1. The molecule has 3 rings (SSSR count). The molecule has 1 atom stereocenters. The number of hydrogen-bond acceptors (Lipinski definition) is 3. The molecular weight excluding hydrogens is 369 g/mol. The Morgan fingerprint density at radius 2 is 1.83 bits per heavy atom. The minimum absolute atomic E-state index is 0.0297. The van der Waals surface area contributed by atoms with Crippen molar-refractivity contribution in [2.24, 2.45) is 5.92 Å². The molecule has 0 amide bonds. The van der Waals surface area contributed by atoms with E-state index in [1.807, 2.05) is 18.2 Å². The van der Waals surface area contributed by atoms with Gasteiger partial charge in [-0.25, -0.2) is 8.78 Å². The molecule has 0 aliphatic carbocycles. The number of likely N-dealkylation sites (tertiary alicyclic amines) is 1. The van der Waals surface area contributed by atoms with E-state index in [4.69, 9.17) is 7.98 Å². The quantitative estimate of drug-likeness (QED) is 0.635. The van der Waals surface area contributed by atoms with Gasteiger partial charge in [-0.2, -0.15) is 0 Å². The molecule has 2 N–H and O–H groups in total. The van der Waals surface area contributed by atoms with E-state index in [1.165, 1.54) is 11.6 Å². The van der Waals surface area contributed by atoms with E-state index in [-0.39, 0.29) is 12.5 Å². The van der Waals surface area contributed by atoms with E-state index in [9.17, 15) is 13.9 Å². The molecule has 0 spiro atoms. The second-order valence-corrected chi connectivity index (χ2v) is 8.02. The summed E-state index contributed by atoms with van der Waals surface area (Å²) in [5, 5.41) is 12.2. The summed E-state index contributed by atoms with van der Waals surface area (Å²) in [7, 11) is 5.72. The second kappa shape index (κ2) is 10.3. The average Bonchev–Trinajstić information content (AvgIpc) is 2.73. The fourth-order valence-electron chi connectivity index (χ4n) is 4.84. The van der Waals surface area contributed by atoms with E-state index in [0.29, 0.717) is 24.9 Å². The fourth-order valence-corrected chi connectivity index (χ4v) is 4.84. The number of nitrogens with one attached hydrogen (secondary N) is 1. The molecule has 0 aromatic heterocycles. The van der Waals surface area contributed by atoms with Gasteiger partial charge in [-0.3, -0.25) is 4.90 Å². The van der Waals surface area contributed by atoms with Crippen LogP contribution in [-0.2, 0) is 12.0 Å². The van der Waals surface area contributed by atoms with Crippen LogP contribution in [0.15, 0.2) is 48.5 Å². The zero-order chi connectivity index (χ0) is 20.7. The number of halogens is 2. The molecule has 1 heterocycles. The highest BCUT2D eigenvalue weighted by Crippen LogP contribution is 2.43. The van der Waals surface area contributed by atoms with E-state index >= 15 is 0 Å². The number of nitrogens with zero attached hydrogens (tertiary/aromatic N) is 1. The van der Waals surface area contributed by atoms with Gasteiger partial charge in [0.1, 0.15) is 11.6 Å². The molecule has 6 heteroatoms. The third kappa shape index (κ3) is 5.24. The Bertz CT molecular complexity index is 769. The topological polar surface area (TPSA) is 35.5 Å². The Balaban J connectivity index is 1.81. The van der Waals surface area contributed by atoms with Gasteiger partial charge in [-0.1, -0.05) is 36.4 Å². The van der Waals surface area contributed by atoms with Crippen LogP contribution >= 0.6 is 0 Å². The first-order valence-electron chi connectivity index (χ1n) is 10.3. The maximum atomic E-state index is 14.8. The van der Waals surface area contributed by atoms with Crippen LogP contribution in [0.5, 0.6) is 0 Å². The predicted octanol–water partition coefficient (Wildman–Crippen LogP) is 3.56. The molecule has 1 unspecified atom stereocenters. The monoisotopic (exact) mass is 398 g/mol. The summed E-state index contributed by atoms with van der Waals surface area (Å²) in [6.07, 6.45) is 2.94. The Hall–Kier alpha value is -1.76. The third-order valence-electron chi connectivity index (χ3n) is 6.28. The van der Waals surface area contributed by atoms with Crippen LogP contribution in [0, 0.1) is 17.6 Å². The first kappa shape index (κ1) is 21.9. The molecule has 29 heavy (non-hydrogen) atoms. The van der Waals surface area contributed by atoms with Crippen molar-refractivity contribution in [2.45, 2.75) is 37.6 Å². The van der Waals surface area contributed by atoms with Crippen LogP contribution in [0.4, 0.5) is 8.78 Å². The lowest BCUT2D eigenvalue weighted by Gasteiger charge is -2.46. The Labute approximate surface area is 173 Å². The maximum Gasteiger partial charge on any atom is 0.177 e. The minimum Gasteiger partial charge on any atom is -0.396 e. The second-order valence-electron chi connectivity index (χ2n) is 8.02. The normalized spacial score (nSPS) is 17.9. The highest BCUT2D eigenvalue weighted by Gasteiger charge is 2.42. The highest BCUT2D eigenvalue weighted by molar-refractivity contribution is 6.04. The molecule has 2 aromatic carbocycles. The van der Waals surface area contributed by atoms with Gasteiger partial charge in [0.2, 0.25) is 0 Å². The molecule has 1 fully saturated rings. The molecule has 154 valence electrons. The lowest BCUT2D eigenvalue weighted by atomic mass is 9.63. The van der Waals surface area contributed by atoms with E-state index in [0.717, 1.165) is 38.5 Å². The molecule has 0 saturated carbocycles. The van der Waals surface area contributed by atoms with Crippen LogP contribution in [0.25, 0.3) is 0 Å². The minimum atomic E-state index is -0.583. The van der Waals surface area contributed by atoms with Gasteiger partial charge < -0.3 is 10.3 Å². The smallest absolute Gasteiger partial charge is 0.177 e. The first-order chi connectivity index (χ1) is 14.1. The van der Waals surface area contributed by atoms with Crippen molar-refractivity contribution in [2.75, 3.05) is 26.2 Å². The lowest BCUT2D eigenvalue weighted by Crippen LogP contribution is -2.49. The van der Waals surface area contributed by atoms with Crippen molar-refractivity contribution < 1.29 is 13.9 Å². The van der Waals surface area contributed by atoms with Crippen LogP contribution in [0.1, 0.15) is 36.8 Å². The van der Waals surface area contributed by atoms with Crippen molar-refractivity contribution in [3.8, 4) is 0 Å². The summed E-state index contributed by atoms with van der Waals surface area (Å²) in [5.41, 5.74) is 1.20.